The SMILES string of the molecule is c1ccc(N(c2ccccc2)c2ccc(-c3cc4c5c(cccc5c3)-c3cccc(-c5ccc(N(c6ccccc6)c6ccccc6)c6ccccc56)c3O4)c3ccccc23)cc1. The van der Waals surface area contributed by atoms with Crippen LogP contribution in [0, 0.1) is 0 Å². The van der Waals surface area contributed by atoms with E-state index in [0.29, 0.717) is 0 Å². The molecule has 11 aromatic carbocycles. The van der Waals surface area contributed by atoms with Crippen LogP contribution in [0.4, 0.5) is 34.1 Å². The molecule has 0 fully saturated rings. The summed E-state index contributed by atoms with van der Waals surface area (Å²) >= 11 is 0. The molecule has 1 heterocycles. The first kappa shape index (κ1) is 36.5. The number of nitrogens with zero attached hydrogens (tertiary/aromatic N) is 2. The van der Waals surface area contributed by atoms with Crippen LogP contribution < -0.4 is 14.5 Å². The fourth-order valence-corrected chi connectivity index (χ4v) is 9.64. The van der Waals surface area contributed by atoms with Crippen molar-refractivity contribution in [3.05, 3.63) is 243 Å². The van der Waals surface area contributed by atoms with E-state index < -0.39 is 0 Å². The van der Waals surface area contributed by atoms with Crippen LogP contribution in [-0.2, 0) is 0 Å². The summed E-state index contributed by atoms with van der Waals surface area (Å²) in [4.78, 5) is 4.69. The van der Waals surface area contributed by atoms with Gasteiger partial charge in [-0.2, -0.15) is 0 Å². The summed E-state index contributed by atoms with van der Waals surface area (Å²) in [6.07, 6.45) is 0. The van der Waals surface area contributed by atoms with Gasteiger partial charge in [0.15, 0.2) is 0 Å². The van der Waals surface area contributed by atoms with Crippen LogP contribution >= 0.6 is 0 Å². The van der Waals surface area contributed by atoms with E-state index in [4.69, 9.17) is 4.74 Å². The number of rotatable bonds is 8. The molecule has 0 N–H and O–H groups in total. The zero-order valence-electron chi connectivity index (χ0n) is 34.4. The molecule has 0 aliphatic carbocycles. The molecule has 0 aromatic heterocycles. The minimum Gasteiger partial charge on any atom is -0.455 e. The minimum atomic E-state index is 0.863. The highest BCUT2D eigenvalue weighted by Crippen LogP contribution is 2.53. The number of benzene rings is 11. The molecule has 0 amide bonds. The first-order valence-electron chi connectivity index (χ1n) is 21.5. The number of fused-ring (bicyclic) bond motifs is 4. The predicted molar refractivity (Wildman–Crippen MR) is 265 cm³/mol. The second-order valence-corrected chi connectivity index (χ2v) is 16.0. The highest BCUT2D eigenvalue weighted by atomic mass is 16.5. The average molecular weight is 805 g/mol. The van der Waals surface area contributed by atoms with Gasteiger partial charge in [0.2, 0.25) is 0 Å². The Morgan fingerprint density at radius 1 is 0.286 bits per heavy atom. The molecule has 11 aromatic rings. The molecular weight excluding hydrogens is 765 g/mol. The van der Waals surface area contributed by atoms with Gasteiger partial charge in [0.05, 0.1) is 11.4 Å². The van der Waals surface area contributed by atoms with Crippen molar-refractivity contribution >= 4 is 66.4 Å². The lowest BCUT2D eigenvalue weighted by Crippen LogP contribution is -2.10. The number of hydrogen-bond donors (Lipinski definition) is 0. The summed E-state index contributed by atoms with van der Waals surface area (Å²) in [5.41, 5.74) is 13.4. The Morgan fingerprint density at radius 3 is 1.22 bits per heavy atom. The molecule has 0 saturated carbocycles. The van der Waals surface area contributed by atoms with Gasteiger partial charge in [0.1, 0.15) is 11.5 Å². The number of anilines is 6. The second kappa shape index (κ2) is 15.3. The summed E-state index contributed by atoms with van der Waals surface area (Å²) in [5, 5.41) is 6.96. The Labute approximate surface area is 367 Å². The van der Waals surface area contributed by atoms with Gasteiger partial charge in [-0.05, 0) is 111 Å². The molecule has 0 radical (unpaired) electrons. The summed E-state index contributed by atoms with van der Waals surface area (Å²) in [6.45, 7) is 0. The van der Waals surface area contributed by atoms with Crippen molar-refractivity contribution in [1.82, 2.24) is 0 Å². The van der Waals surface area contributed by atoms with Crippen LogP contribution in [0.5, 0.6) is 11.5 Å². The Morgan fingerprint density at radius 2 is 0.698 bits per heavy atom. The normalized spacial score (nSPS) is 11.6. The third-order valence-corrected chi connectivity index (χ3v) is 12.4. The molecule has 1 aliphatic heterocycles. The smallest absolute Gasteiger partial charge is 0.143 e. The second-order valence-electron chi connectivity index (χ2n) is 16.0. The zero-order chi connectivity index (χ0) is 41.7. The monoisotopic (exact) mass is 804 g/mol. The van der Waals surface area contributed by atoms with Gasteiger partial charge in [0.25, 0.3) is 0 Å². The Balaban J connectivity index is 0.998. The lowest BCUT2D eigenvalue weighted by atomic mass is 9.88. The Bertz CT molecular complexity index is 3400. The lowest BCUT2D eigenvalue weighted by Gasteiger charge is -2.28. The maximum absolute atomic E-state index is 7.23. The van der Waals surface area contributed by atoms with Crippen molar-refractivity contribution < 1.29 is 4.74 Å². The summed E-state index contributed by atoms with van der Waals surface area (Å²) in [6, 6.07) is 86.8. The number of para-hydroxylation sites is 5. The first-order chi connectivity index (χ1) is 31.3. The molecule has 0 unspecified atom stereocenters. The van der Waals surface area contributed by atoms with Gasteiger partial charge in [0, 0.05) is 50.0 Å². The molecule has 3 heteroatoms. The molecule has 0 spiro atoms. The summed E-state index contributed by atoms with van der Waals surface area (Å²) in [5.74, 6) is 1.73. The van der Waals surface area contributed by atoms with E-state index in [2.05, 4.69) is 252 Å². The standard InChI is InChI=1S/C60H40N2O/c1-5-20-43(21-6-1)61(44-22-7-2-8-23-44)56-37-35-47(48-28-13-15-30-51(48)56)42-39-41-19-17-32-53-55-34-18-33-54(60(55)63-58(40-42)59(41)53)50-36-38-57(52-31-16-14-29-49(50)52)62(45-24-9-3-10-25-45)46-26-11-4-12-27-46/h1-40H. The lowest BCUT2D eigenvalue weighted by molar-refractivity contribution is 0.489. The molecule has 296 valence electrons. The molecule has 1 aliphatic rings. The van der Waals surface area contributed by atoms with Crippen LogP contribution in [0.3, 0.4) is 0 Å². The Kier molecular flexibility index (Phi) is 8.83. The van der Waals surface area contributed by atoms with Crippen molar-refractivity contribution in [3.63, 3.8) is 0 Å². The third-order valence-electron chi connectivity index (χ3n) is 12.4. The fraction of sp³-hybridized carbons (Fsp3) is 0. The van der Waals surface area contributed by atoms with Crippen molar-refractivity contribution in [2.75, 3.05) is 9.80 Å². The van der Waals surface area contributed by atoms with E-state index in [1.54, 1.807) is 0 Å². The van der Waals surface area contributed by atoms with Gasteiger partial charge >= 0.3 is 0 Å². The molecule has 63 heavy (non-hydrogen) atoms. The van der Waals surface area contributed by atoms with Gasteiger partial charge in [-0.3, -0.25) is 0 Å². The quantitative estimate of drug-likeness (QED) is 0.152. The maximum atomic E-state index is 7.23. The van der Waals surface area contributed by atoms with Crippen LogP contribution in [-0.4, -0.2) is 0 Å². The van der Waals surface area contributed by atoms with E-state index in [1.165, 1.54) is 16.3 Å². The van der Waals surface area contributed by atoms with Crippen LogP contribution in [0.2, 0.25) is 0 Å². The van der Waals surface area contributed by atoms with Crippen LogP contribution in [0.25, 0.3) is 65.7 Å². The van der Waals surface area contributed by atoms with E-state index in [0.717, 1.165) is 95.0 Å². The van der Waals surface area contributed by atoms with E-state index in [-0.39, 0.29) is 0 Å². The van der Waals surface area contributed by atoms with Gasteiger partial charge in [-0.25, -0.2) is 0 Å². The van der Waals surface area contributed by atoms with E-state index in [1.807, 2.05) is 0 Å². The number of hydrogen-bond acceptors (Lipinski definition) is 3. The minimum absolute atomic E-state index is 0.863. The zero-order valence-corrected chi connectivity index (χ0v) is 34.4. The molecule has 3 nitrogen and oxygen atoms in total. The average Bonchev–Trinajstić information content (AvgIpc) is 3.35. The highest BCUT2D eigenvalue weighted by Gasteiger charge is 2.26. The molecule has 0 saturated heterocycles. The van der Waals surface area contributed by atoms with Crippen molar-refractivity contribution in [2.24, 2.45) is 0 Å². The van der Waals surface area contributed by atoms with Crippen LogP contribution in [0.1, 0.15) is 0 Å². The molecule has 0 bridgehead atoms. The van der Waals surface area contributed by atoms with Crippen LogP contribution in [0.15, 0.2) is 243 Å². The highest BCUT2D eigenvalue weighted by molar-refractivity contribution is 6.12. The van der Waals surface area contributed by atoms with Crippen molar-refractivity contribution in [3.8, 4) is 44.9 Å². The van der Waals surface area contributed by atoms with Gasteiger partial charge < -0.3 is 14.5 Å². The van der Waals surface area contributed by atoms with Crippen molar-refractivity contribution in [2.45, 2.75) is 0 Å². The van der Waals surface area contributed by atoms with Gasteiger partial charge in [-0.15, -0.1) is 0 Å². The first-order valence-corrected chi connectivity index (χ1v) is 21.5. The Hall–Kier alpha value is -8.40. The fourth-order valence-electron chi connectivity index (χ4n) is 9.64. The van der Waals surface area contributed by atoms with E-state index in [9.17, 15) is 0 Å². The molecule has 0 atom stereocenters. The molecular formula is C60H40N2O. The van der Waals surface area contributed by atoms with Gasteiger partial charge in [-0.1, -0.05) is 170 Å². The molecule has 12 rings (SSSR count). The summed E-state index contributed by atoms with van der Waals surface area (Å²) in [7, 11) is 0. The van der Waals surface area contributed by atoms with Crippen molar-refractivity contribution in [1.29, 1.82) is 0 Å². The maximum Gasteiger partial charge on any atom is 0.143 e. The third kappa shape index (κ3) is 6.21. The topological polar surface area (TPSA) is 15.7 Å². The summed E-state index contributed by atoms with van der Waals surface area (Å²) < 4.78 is 7.23. The predicted octanol–water partition coefficient (Wildman–Crippen LogP) is 17.2. The van der Waals surface area contributed by atoms with E-state index >= 15 is 0 Å². The largest absolute Gasteiger partial charge is 0.455 e. The number of ether oxygens (including phenoxy) is 1.